The fourth-order valence-electron chi connectivity index (χ4n) is 2.70. The first-order chi connectivity index (χ1) is 13.8. The predicted molar refractivity (Wildman–Crippen MR) is 105 cm³/mol. The molecule has 0 spiro atoms. The summed E-state index contributed by atoms with van der Waals surface area (Å²) in [5.74, 6) is -1.65. The summed E-state index contributed by atoms with van der Waals surface area (Å²) in [5.41, 5.74) is 1.52. The lowest BCUT2D eigenvalue weighted by molar-refractivity contribution is -0.384. The van der Waals surface area contributed by atoms with Gasteiger partial charge in [-0.15, -0.1) is 0 Å². The van der Waals surface area contributed by atoms with Crippen molar-refractivity contribution in [3.8, 4) is 0 Å². The summed E-state index contributed by atoms with van der Waals surface area (Å²) in [6, 6.07) is 10.7. The Labute approximate surface area is 170 Å². The lowest BCUT2D eigenvalue weighted by Crippen LogP contribution is -2.09. The van der Waals surface area contributed by atoms with Crippen LogP contribution >= 0.6 is 11.6 Å². The lowest BCUT2D eigenvalue weighted by Gasteiger charge is -2.09. The van der Waals surface area contributed by atoms with Crippen molar-refractivity contribution in [3.05, 3.63) is 80.0 Å². The van der Waals surface area contributed by atoms with Crippen LogP contribution in [-0.4, -0.2) is 29.0 Å². The number of rotatable bonds is 5. The number of aromatic nitrogens is 1. The van der Waals surface area contributed by atoms with E-state index in [1.54, 1.807) is 6.07 Å². The summed E-state index contributed by atoms with van der Waals surface area (Å²) in [7, 11) is 1.13. The molecule has 8 nitrogen and oxygen atoms in total. The largest absolute Gasteiger partial charge is 0.465 e. The van der Waals surface area contributed by atoms with Gasteiger partial charge in [0.1, 0.15) is 11.8 Å². The Morgan fingerprint density at radius 2 is 1.79 bits per heavy atom. The highest BCUT2D eigenvalue weighted by Crippen LogP contribution is 2.23. The van der Waals surface area contributed by atoms with Crippen molar-refractivity contribution < 1.29 is 24.0 Å². The van der Waals surface area contributed by atoms with Gasteiger partial charge < -0.3 is 9.47 Å². The first kappa shape index (κ1) is 20.2. The fraction of sp³-hybridized carbons (Fsp3) is 0.150. The molecule has 0 radical (unpaired) electrons. The standard InChI is InChI=1S/C20H15ClN2O6/c1-11-3-4-12-6-15(18(21)22-17(12)5-11)10-29-20(25)14-7-13(19(24)28-2)8-16(9-14)23(26)27/h3-9H,10H2,1-2H3. The molecule has 3 rings (SSSR count). The van der Waals surface area contributed by atoms with E-state index in [2.05, 4.69) is 9.72 Å². The number of carbonyl (C=O) groups excluding carboxylic acids is 2. The third-order valence-corrected chi connectivity index (χ3v) is 4.47. The first-order valence-electron chi connectivity index (χ1n) is 8.39. The maximum absolute atomic E-state index is 12.4. The number of hydrogen-bond donors (Lipinski definition) is 0. The molecule has 0 saturated carbocycles. The second kappa shape index (κ2) is 8.24. The van der Waals surface area contributed by atoms with Gasteiger partial charge in [-0.3, -0.25) is 10.1 Å². The van der Waals surface area contributed by atoms with Gasteiger partial charge in [0.2, 0.25) is 0 Å². The SMILES string of the molecule is COC(=O)c1cc(C(=O)OCc2cc3ccc(C)cc3nc2Cl)cc([N+](=O)[O-])c1. The van der Waals surface area contributed by atoms with Gasteiger partial charge in [-0.25, -0.2) is 14.6 Å². The van der Waals surface area contributed by atoms with Gasteiger partial charge in [-0.2, -0.15) is 0 Å². The number of halogens is 1. The molecule has 0 unspecified atom stereocenters. The maximum atomic E-state index is 12.4. The second-order valence-electron chi connectivity index (χ2n) is 6.23. The van der Waals surface area contributed by atoms with E-state index in [0.717, 1.165) is 30.2 Å². The molecule has 0 aliphatic rings. The number of nitro groups is 1. The summed E-state index contributed by atoms with van der Waals surface area (Å²) in [6.07, 6.45) is 0. The first-order valence-corrected chi connectivity index (χ1v) is 8.77. The summed E-state index contributed by atoms with van der Waals surface area (Å²) in [5, 5.41) is 12.1. The van der Waals surface area contributed by atoms with E-state index in [1.807, 2.05) is 25.1 Å². The Balaban J connectivity index is 1.85. The van der Waals surface area contributed by atoms with E-state index >= 15 is 0 Å². The molecule has 0 fully saturated rings. The number of hydrogen-bond acceptors (Lipinski definition) is 7. The van der Waals surface area contributed by atoms with Crippen LogP contribution in [0, 0.1) is 17.0 Å². The number of aryl methyl sites for hydroxylation is 1. The number of esters is 2. The van der Waals surface area contributed by atoms with Gasteiger partial charge in [0.15, 0.2) is 0 Å². The van der Waals surface area contributed by atoms with Gasteiger partial charge in [-0.05, 0) is 30.7 Å². The van der Waals surface area contributed by atoms with Crippen LogP contribution in [-0.2, 0) is 16.1 Å². The smallest absolute Gasteiger partial charge is 0.338 e. The third-order valence-electron chi connectivity index (χ3n) is 4.14. The van der Waals surface area contributed by atoms with E-state index in [9.17, 15) is 19.7 Å². The molecule has 0 bridgehead atoms. The number of nitro benzene ring substituents is 1. The van der Waals surface area contributed by atoms with Gasteiger partial charge >= 0.3 is 11.9 Å². The lowest BCUT2D eigenvalue weighted by atomic mass is 10.1. The Kier molecular flexibility index (Phi) is 5.74. The van der Waals surface area contributed by atoms with E-state index in [-0.39, 0.29) is 22.9 Å². The van der Waals surface area contributed by atoms with Crippen molar-refractivity contribution in [2.75, 3.05) is 7.11 Å². The van der Waals surface area contributed by atoms with Crippen molar-refractivity contribution in [3.63, 3.8) is 0 Å². The molecule has 0 aliphatic heterocycles. The minimum absolute atomic E-state index is 0.130. The molecular formula is C20H15ClN2O6. The minimum atomic E-state index is -0.848. The number of non-ortho nitro benzene ring substituents is 1. The predicted octanol–water partition coefficient (Wildman–Crippen LogP) is 4.25. The Bertz CT molecular complexity index is 1150. The Morgan fingerprint density at radius 3 is 2.45 bits per heavy atom. The molecule has 0 saturated heterocycles. The second-order valence-corrected chi connectivity index (χ2v) is 6.59. The minimum Gasteiger partial charge on any atom is -0.465 e. The molecule has 9 heteroatoms. The zero-order valence-electron chi connectivity index (χ0n) is 15.5. The molecule has 2 aromatic carbocycles. The van der Waals surface area contributed by atoms with Crippen LogP contribution in [0.15, 0.2) is 42.5 Å². The van der Waals surface area contributed by atoms with Crippen LogP contribution in [0.25, 0.3) is 10.9 Å². The Hall–Kier alpha value is -3.52. The van der Waals surface area contributed by atoms with Crippen molar-refractivity contribution in [1.82, 2.24) is 4.98 Å². The van der Waals surface area contributed by atoms with Gasteiger partial charge in [-0.1, -0.05) is 23.7 Å². The molecule has 1 heterocycles. The summed E-state index contributed by atoms with van der Waals surface area (Å²) < 4.78 is 9.79. The quantitative estimate of drug-likeness (QED) is 0.265. The summed E-state index contributed by atoms with van der Waals surface area (Å²) in [4.78, 5) is 38.8. The van der Waals surface area contributed by atoms with E-state index in [0.29, 0.717) is 11.1 Å². The van der Waals surface area contributed by atoms with Crippen LogP contribution in [0.4, 0.5) is 5.69 Å². The molecule has 29 heavy (non-hydrogen) atoms. The van der Waals surface area contributed by atoms with Gasteiger partial charge in [0.05, 0.1) is 28.7 Å². The highest BCUT2D eigenvalue weighted by molar-refractivity contribution is 6.30. The summed E-state index contributed by atoms with van der Waals surface area (Å²) >= 11 is 6.18. The number of carbonyl (C=O) groups is 2. The van der Waals surface area contributed by atoms with Crippen molar-refractivity contribution >= 4 is 40.1 Å². The van der Waals surface area contributed by atoms with Gasteiger partial charge in [0.25, 0.3) is 5.69 Å². The highest BCUT2D eigenvalue weighted by Gasteiger charge is 2.19. The molecular weight excluding hydrogens is 400 g/mol. The highest BCUT2D eigenvalue weighted by atomic mass is 35.5. The number of fused-ring (bicyclic) bond motifs is 1. The van der Waals surface area contributed by atoms with E-state index < -0.39 is 22.5 Å². The number of ether oxygens (including phenoxy) is 2. The van der Waals surface area contributed by atoms with Gasteiger partial charge in [0, 0.05) is 23.1 Å². The average Bonchev–Trinajstić information content (AvgIpc) is 2.70. The van der Waals surface area contributed by atoms with E-state index in [4.69, 9.17) is 16.3 Å². The molecule has 0 amide bonds. The molecule has 148 valence electrons. The number of benzene rings is 2. The molecule has 0 N–H and O–H groups in total. The number of methoxy groups -OCH3 is 1. The maximum Gasteiger partial charge on any atom is 0.338 e. The van der Waals surface area contributed by atoms with Crippen molar-refractivity contribution in [1.29, 1.82) is 0 Å². The van der Waals surface area contributed by atoms with Crippen LogP contribution in [0.2, 0.25) is 5.15 Å². The van der Waals surface area contributed by atoms with Crippen LogP contribution in [0.3, 0.4) is 0 Å². The van der Waals surface area contributed by atoms with Crippen molar-refractivity contribution in [2.24, 2.45) is 0 Å². The third kappa shape index (κ3) is 4.49. The average molecular weight is 415 g/mol. The normalized spacial score (nSPS) is 10.6. The van der Waals surface area contributed by atoms with E-state index in [1.165, 1.54) is 6.07 Å². The summed E-state index contributed by atoms with van der Waals surface area (Å²) in [6.45, 7) is 1.75. The molecule has 0 aliphatic carbocycles. The molecule has 1 aromatic heterocycles. The molecule has 3 aromatic rings. The number of pyridine rings is 1. The van der Waals surface area contributed by atoms with Crippen molar-refractivity contribution in [2.45, 2.75) is 13.5 Å². The zero-order valence-corrected chi connectivity index (χ0v) is 16.2. The zero-order chi connectivity index (χ0) is 21.1. The monoisotopic (exact) mass is 414 g/mol. The number of nitrogens with zero attached hydrogens (tertiary/aromatic N) is 2. The fourth-order valence-corrected chi connectivity index (χ4v) is 2.90. The van der Waals surface area contributed by atoms with Crippen LogP contribution in [0.1, 0.15) is 31.8 Å². The van der Waals surface area contributed by atoms with Crippen LogP contribution < -0.4 is 0 Å². The Morgan fingerprint density at radius 1 is 1.10 bits per heavy atom. The van der Waals surface area contributed by atoms with Crippen LogP contribution in [0.5, 0.6) is 0 Å². The topological polar surface area (TPSA) is 109 Å². The molecule has 0 atom stereocenters.